The van der Waals surface area contributed by atoms with Crippen LogP contribution in [0.3, 0.4) is 0 Å². The van der Waals surface area contributed by atoms with Gasteiger partial charge in [-0.05, 0) is 25.5 Å². The Morgan fingerprint density at radius 2 is 1.84 bits per heavy atom. The Bertz CT molecular complexity index is 537. The Morgan fingerprint density at radius 1 is 1.11 bits per heavy atom. The molecule has 1 aromatic carbocycles. The summed E-state index contributed by atoms with van der Waals surface area (Å²) in [6.07, 6.45) is 5.52. The second-order valence-electron chi connectivity index (χ2n) is 4.99. The lowest BCUT2D eigenvalue weighted by Crippen LogP contribution is -2.10. The van der Waals surface area contributed by atoms with Gasteiger partial charge in [-0.15, -0.1) is 0 Å². The van der Waals surface area contributed by atoms with Crippen LogP contribution in [-0.2, 0) is 6.54 Å². The molecule has 2 rings (SSSR count). The van der Waals surface area contributed by atoms with Crippen LogP contribution in [0.4, 0.5) is 0 Å². The molecular weight excluding hydrogens is 234 g/mol. The van der Waals surface area contributed by atoms with Gasteiger partial charge in [0.2, 0.25) is 5.78 Å². The Labute approximate surface area is 115 Å². The topological polar surface area (TPSA) is 22.0 Å². The number of hydrogen-bond acceptors (Lipinski definition) is 1. The fraction of sp³-hybridized carbons (Fsp3) is 0.353. The van der Waals surface area contributed by atoms with Crippen molar-refractivity contribution < 1.29 is 4.79 Å². The van der Waals surface area contributed by atoms with E-state index in [1.54, 1.807) is 0 Å². The van der Waals surface area contributed by atoms with Crippen molar-refractivity contribution in [3.05, 3.63) is 59.4 Å². The molecule has 0 bridgehead atoms. The van der Waals surface area contributed by atoms with E-state index in [0.29, 0.717) is 0 Å². The quantitative estimate of drug-likeness (QED) is 0.559. The number of carbonyl (C=O) groups is 1. The summed E-state index contributed by atoms with van der Waals surface area (Å²) < 4.78 is 2.07. The predicted molar refractivity (Wildman–Crippen MR) is 78.6 cm³/mol. The van der Waals surface area contributed by atoms with E-state index in [9.17, 15) is 4.79 Å². The van der Waals surface area contributed by atoms with Crippen LogP contribution in [0.15, 0.2) is 42.6 Å². The van der Waals surface area contributed by atoms with E-state index in [-0.39, 0.29) is 5.78 Å². The number of aromatic nitrogens is 1. The summed E-state index contributed by atoms with van der Waals surface area (Å²) in [5, 5.41) is 0. The summed E-state index contributed by atoms with van der Waals surface area (Å²) in [4.78, 5) is 12.5. The second kappa shape index (κ2) is 6.37. The first kappa shape index (κ1) is 13.6. The third-order valence-electron chi connectivity index (χ3n) is 3.38. The normalized spacial score (nSPS) is 10.6. The van der Waals surface area contributed by atoms with E-state index in [4.69, 9.17) is 0 Å². The van der Waals surface area contributed by atoms with Gasteiger partial charge in [0.15, 0.2) is 0 Å². The summed E-state index contributed by atoms with van der Waals surface area (Å²) in [5.74, 6) is 0.112. The summed E-state index contributed by atoms with van der Waals surface area (Å²) in [6, 6.07) is 11.6. The molecule has 0 saturated carbocycles. The Hall–Kier alpha value is -1.83. The largest absolute Gasteiger partial charge is 0.345 e. The van der Waals surface area contributed by atoms with Gasteiger partial charge in [0.25, 0.3) is 0 Å². The fourth-order valence-electron chi connectivity index (χ4n) is 2.20. The molecule has 19 heavy (non-hydrogen) atoms. The highest BCUT2D eigenvalue weighted by atomic mass is 16.1. The molecular formula is C17H21NO. The minimum absolute atomic E-state index is 0.112. The van der Waals surface area contributed by atoms with Gasteiger partial charge >= 0.3 is 0 Å². The third kappa shape index (κ3) is 3.34. The molecule has 0 unspecified atom stereocenters. The monoisotopic (exact) mass is 255 g/mol. The standard InChI is InChI=1S/C17H21NO/c1-3-4-5-12-18-13-6-7-16(18)17(19)15-10-8-14(2)9-11-15/h6-11,13H,3-5,12H2,1-2H3. The number of unbranched alkanes of at least 4 members (excludes halogenated alkanes) is 2. The van der Waals surface area contributed by atoms with E-state index >= 15 is 0 Å². The van der Waals surface area contributed by atoms with Crippen molar-refractivity contribution in [3.63, 3.8) is 0 Å². The minimum Gasteiger partial charge on any atom is -0.345 e. The second-order valence-corrected chi connectivity index (χ2v) is 4.99. The zero-order valence-corrected chi connectivity index (χ0v) is 11.7. The molecule has 2 nitrogen and oxygen atoms in total. The van der Waals surface area contributed by atoms with Crippen LogP contribution in [0, 0.1) is 6.92 Å². The van der Waals surface area contributed by atoms with Crippen molar-refractivity contribution in [1.82, 2.24) is 4.57 Å². The van der Waals surface area contributed by atoms with Crippen LogP contribution in [-0.4, -0.2) is 10.4 Å². The SMILES string of the molecule is CCCCCn1cccc1C(=O)c1ccc(C)cc1. The lowest BCUT2D eigenvalue weighted by molar-refractivity contribution is 0.103. The van der Waals surface area contributed by atoms with Crippen molar-refractivity contribution in [1.29, 1.82) is 0 Å². The van der Waals surface area contributed by atoms with Crippen LogP contribution in [0.2, 0.25) is 0 Å². The fourth-order valence-corrected chi connectivity index (χ4v) is 2.20. The van der Waals surface area contributed by atoms with Crippen molar-refractivity contribution in [2.45, 2.75) is 39.7 Å². The number of aryl methyl sites for hydroxylation is 2. The van der Waals surface area contributed by atoms with Crippen LogP contribution in [0.1, 0.15) is 47.8 Å². The third-order valence-corrected chi connectivity index (χ3v) is 3.38. The van der Waals surface area contributed by atoms with Crippen molar-refractivity contribution >= 4 is 5.78 Å². The molecule has 0 spiro atoms. The van der Waals surface area contributed by atoms with Crippen LogP contribution >= 0.6 is 0 Å². The molecule has 1 aromatic heterocycles. The van der Waals surface area contributed by atoms with Gasteiger partial charge in [-0.3, -0.25) is 4.79 Å². The molecule has 0 amide bonds. The molecule has 0 atom stereocenters. The van der Waals surface area contributed by atoms with Gasteiger partial charge < -0.3 is 4.57 Å². The summed E-state index contributed by atoms with van der Waals surface area (Å²) in [5.41, 5.74) is 2.73. The number of benzene rings is 1. The summed E-state index contributed by atoms with van der Waals surface area (Å²) in [7, 11) is 0. The van der Waals surface area contributed by atoms with Gasteiger partial charge in [0.05, 0.1) is 5.69 Å². The first-order valence-electron chi connectivity index (χ1n) is 6.99. The van der Waals surface area contributed by atoms with Gasteiger partial charge in [-0.2, -0.15) is 0 Å². The van der Waals surface area contributed by atoms with Crippen LogP contribution in [0.5, 0.6) is 0 Å². The molecule has 2 heteroatoms. The average Bonchev–Trinajstić information content (AvgIpc) is 2.87. The minimum atomic E-state index is 0.112. The Morgan fingerprint density at radius 3 is 2.53 bits per heavy atom. The molecule has 2 aromatic rings. The van der Waals surface area contributed by atoms with E-state index < -0.39 is 0 Å². The van der Waals surface area contributed by atoms with Gasteiger partial charge in [0.1, 0.15) is 0 Å². The highest BCUT2D eigenvalue weighted by molar-refractivity contribution is 6.08. The molecule has 0 fully saturated rings. The summed E-state index contributed by atoms with van der Waals surface area (Å²) in [6.45, 7) is 5.14. The molecule has 0 aliphatic heterocycles. The molecule has 1 heterocycles. The van der Waals surface area contributed by atoms with E-state index in [2.05, 4.69) is 11.5 Å². The van der Waals surface area contributed by atoms with Crippen LogP contribution in [0.25, 0.3) is 0 Å². The Kier molecular flexibility index (Phi) is 4.56. The number of nitrogens with zero attached hydrogens (tertiary/aromatic N) is 1. The maximum atomic E-state index is 12.5. The van der Waals surface area contributed by atoms with Crippen LogP contribution < -0.4 is 0 Å². The number of ketones is 1. The predicted octanol–water partition coefficient (Wildman–Crippen LogP) is 4.22. The molecule has 0 aliphatic rings. The van der Waals surface area contributed by atoms with E-state index in [1.807, 2.05) is 49.5 Å². The van der Waals surface area contributed by atoms with Crippen molar-refractivity contribution in [3.8, 4) is 0 Å². The number of carbonyl (C=O) groups excluding carboxylic acids is 1. The maximum Gasteiger partial charge on any atom is 0.209 e. The zero-order chi connectivity index (χ0) is 13.7. The zero-order valence-electron chi connectivity index (χ0n) is 11.7. The average molecular weight is 255 g/mol. The smallest absolute Gasteiger partial charge is 0.209 e. The Balaban J connectivity index is 2.15. The maximum absolute atomic E-state index is 12.5. The lowest BCUT2D eigenvalue weighted by Gasteiger charge is -2.08. The van der Waals surface area contributed by atoms with Gasteiger partial charge in [-0.1, -0.05) is 49.6 Å². The molecule has 0 saturated heterocycles. The molecule has 0 aliphatic carbocycles. The number of hydrogen-bond donors (Lipinski definition) is 0. The summed E-state index contributed by atoms with van der Waals surface area (Å²) >= 11 is 0. The molecule has 0 radical (unpaired) electrons. The van der Waals surface area contributed by atoms with Gasteiger partial charge in [0, 0.05) is 18.3 Å². The first-order valence-corrected chi connectivity index (χ1v) is 6.99. The van der Waals surface area contributed by atoms with Gasteiger partial charge in [-0.25, -0.2) is 0 Å². The van der Waals surface area contributed by atoms with E-state index in [1.165, 1.54) is 18.4 Å². The molecule has 0 N–H and O–H groups in total. The van der Waals surface area contributed by atoms with E-state index in [0.717, 1.165) is 24.2 Å². The molecule has 100 valence electrons. The highest BCUT2D eigenvalue weighted by Gasteiger charge is 2.12. The van der Waals surface area contributed by atoms with Crippen molar-refractivity contribution in [2.75, 3.05) is 0 Å². The highest BCUT2D eigenvalue weighted by Crippen LogP contribution is 2.13. The lowest BCUT2D eigenvalue weighted by atomic mass is 10.1. The first-order chi connectivity index (χ1) is 9.22. The number of rotatable bonds is 6. The van der Waals surface area contributed by atoms with Crippen molar-refractivity contribution in [2.24, 2.45) is 0 Å².